The summed E-state index contributed by atoms with van der Waals surface area (Å²) < 4.78 is 0. The van der Waals surface area contributed by atoms with Crippen molar-refractivity contribution >= 4 is 405 Å². The average Bonchev–Trinajstić information content (AvgIpc) is 3.32. The van der Waals surface area contributed by atoms with E-state index in [4.69, 9.17) is 220 Å². The van der Waals surface area contributed by atoms with Crippen molar-refractivity contribution in [3.05, 3.63) is 0 Å². The Morgan fingerprint density at radius 1 is 0.0857 bits per heavy atom. The first-order valence-corrected chi connectivity index (χ1v) is 20.3. The molecule has 0 spiro atoms. The number of hydrogen-bond donors (Lipinski definition) is 0. The fourth-order valence-electron chi connectivity index (χ4n) is 9.48. The summed E-state index contributed by atoms with van der Waals surface area (Å²) >= 11 is 0. The lowest BCUT2D eigenvalue weighted by Gasteiger charge is -2.34. The fourth-order valence-corrected chi connectivity index (χ4v) is 9.48. The van der Waals surface area contributed by atoms with Gasteiger partial charge in [-0.15, -0.1) is 60.1 Å². The Kier molecular flexibility index (Phi) is 13.6. The average molecular weight is 807 g/mol. The van der Waals surface area contributed by atoms with Gasteiger partial charge < -0.3 is 0 Å². The van der Waals surface area contributed by atoms with Gasteiger partial charge in [-0.25, -0.2) is 0 Å². The molecule has 8 rings (SSSR count). The molecule has 0 heterocycles. The lowest BCUT2D eigenvalue weighted by molar-refractivity contribution is 1.82. The summed E-state index contributed by atoms with van der Waals surface area (Å²) in [7, 11) is 188. The zero-order chi connectivity index (χ0) is 52.2. The van der Waals surface area contributed by atoms with E-state index in [1.807, 2.05) is 0 Å². The van der Waals surface area contributed by atoms with E-state index in [0.29, 0.717) is 0 Å². The van der Waals surface area contributed by atoms with Gasteiger partial charge in [-0.05, 0) is 76.8 Å². The Hall–Kier alpha value is -3.64. The molecule has 0 bridgehead atoms. The van der Waals surface area contributed by atoms with E-state index in [1.165, 1.54) is 0 Å². The van der Waals surface area contributed by atoms with Crippen LogP contribution in [0.25, 0.3) is 76.8 Å². The zero-order valence-corrected chi connectivity index (χ0v) is 37.2. The molecule has 0 N–H and O–H groups in total. The molecule has 0 fully saturated rings. The Morgan fingerprint density at radius 2 is 0.214 bits per heavy atom. The number of rotatable bonds is 4. The molecule has 0 aliphatic heterocycles. The largest absolute Gasteiger partial charge is 0.115 e. The van der Waals surface area contributed by atoms with Gasteiger partial charge in [0.25, 0.3) is 0 Å². The lowest BCUT2D eigenvalue weighted by atomic mass is 9.54. The van der Waals surface area contributed by atoms with E-state index in [2.05, 4.69) is 0 Å². The van der Waals surface area contributed by atoms with Crippen LogP contribution in [-0.4, -0.2) is 220 Å². The van der Waals surface area contributed by atoms with Crippen molar-refractivity contribution in [2.24, 2.45) is 0 Å². The second-order valence-corrected chi connectivity index (χ2v) is 16.8. The van der Waals surface area contributed by atoms with Gasteiger partial charge in [-0.1, -0.05) is 92.9 Å². The van der Waals surface area contributed by atoms with Crippen molar-refractivity contribution in [2.75, 3.05) is 0 Å². The van der Waals surface area contributed by atoms with Gasteiger partial charge in [0.2, 0.25) is 0 Å². The summed E-state index contributed by atoms with van der Waals surface area (Å²) in [6.45, 7) is 0. The van der Waals surface area contributed by atoms with Gasteiger partial charge in [0.15, 0.2) is 0 Å². The van der Waals surface area contributed by atoms with Crippen molar-refractivity contribution in [2.45, 2.75) is 0 Å². The van der Waals surface area contributed by atoms with E-state index in [1.54, 1.807) is 0 Å². The molecule has 0 aromatic heterocycles. The first-order valence-electron chi connectivity index (χ1n) is 20.3. The monoisotopic (exact) mass is 812 g/mol. The van der Waals surface area contributed by atoms with Crippen LogP contribution >= 0.6 is 0 Å². The maximum Gasteiger partial charge on any atom is 0.115 e. The SMILES string of the molecule is [B]c1c([B])c([B])c(-c2c([B])c([B])c(-c3c4c([B])c([B])c([B])c([B])c4c(-c4c([B])c([B])c([B])c([B])c4[B])c4c([B])c(-c5c([B])c([B])c([B])c6c([B])c([B])c([B])c([B])c56)c([B])c([B])c34)c([B])c2[B])c([B])c1[B]. The predicted molar refractivity (Wildman–Crippen MR) is 332 cm³/mol. The Balaban J connectivity index is 1.77. The van der Waals surface area contributed by atoms with Gasteiger partial charge in [0, 0.05) is 0 Å². The number of hydrogen-bond acceptors (Lipinski definition) is 0. The van der Waals surface area contributed by atoms with Crippen LogP contribution in [0.3, 0.4) is 0 Å². The molecule has 0 amide bonds. The summed E-state index contributed by atoms with van der Waals surface area (Å²) in [4.78, 5) is 0. The van der Waals surface area contributed by atoms with Crippen molar-refractivity contribution in [1.29, 1.82) is 0 Å². The van der Waals surface area contributed by atoms with Crippen molar-refractivity contribution < 1.29 is 0 Å². The lowest BCUT2D eigenvalue weighted by Crippen LogP contribution is -2.57. The highest BCUT2D eigenvalue weighted by atomic mass is 14.3. The van der Waals surface area contributed by atoms with Crippen LogP contribution in [0.2, 0.25) is 0 Å². The van der Waals surface area contributed by atoms with Crippen molar-refractivity contribution in [1.82, 2.24) is 0 Å². The second-order valence-electron chi connectivity index (χ2n) is 16.8. The molecular formula is C42B28. The molecule has 0 aliphatic carbocycles. The first kappa shape index (κ1) is 52.7. The van der Waals surface area contributed by atoms with Gasteiger partial charge in [0.05, 0.1) is 0 Å². The minimum atomic E-state index is -0.287. The van der Waals surface area contributed by atoms with Gasteiger partial charge >= 0.3 is 0 Å². The minimum Gasteiger partial charge on any atom is -0.112 e. The highest BCUT2D eigenvalue weighted by Crippen LogP contribution is 2.40. The molecule has 0 saturated carbocycles. The topological polar surface area (TPSA) is 0 Å². The zero-order valence-electron chi connectivity index (χ0n) is 37.2. The van der Waals surface area contributed by atoms with E-state index in [-0.39, 0.29) is 230 Å². The maximum absolute atomic E-state index is 7.51. The fraction of sp³-hybridized carbons (Fsp3) is 0. The molecular weight excluding hydrogens is 807 g/mol. The second kappa shape index (κ2) is 18.1. The molecule has 8 aromatic rings. The Bertz CT molecular complexity index is 3710. The molecule has 28 heteroatoms. The molecule has 0 nitrogen and oxygen atoms in total. The quantitative estimate of drug-likeness (QED) is 0.123. The molecule has 0 unspecified atom stereocenters. The van der Waals surface area contributed by atoms with Gasteiger partial charge in [-0.2, -0.15) is 0 Å². The van der Waals surface area contributed by atoms with Gasteiger partial charge in [0.1, 0.15) is 220 Å². The van der Waals surface area contributed by atoms with Crippen LogP contribution in [0.4, 0.5) is 0 Å². The van der Waals surface area contributed by atoms with Gasteiger partial charge in [-0.3, -0.25) is 0 Å². The van der Waals surface area contributed by atoms with Crippen LogP contribution in [0.1, 0.15) is 0 Å². The Labute approximate surface area is 446 Å². The number of fused-ring (bicyclic) bond motifs is 3. The third-order valence-electron chi connectivity index (χ3n) is 13.4. The van der Waals surface area contributed by atoms with Crippen LogP contribution in [0.15, 0.2) is 0 Å². The van der Waals surface area contributed by atoms with Crippen LogP contribution in [0, 0.1) is 0 Å². The smallest absolute Gasteiger partial charge is 0.112 e. The van der Waals surface area contributed by atoms with Crippen molar-refractivity contribution in [3.8, 4) is 44.5 Å². The van der Waals surface area contributed by atoms with E-state index < -0.39 is 0 Å². The highest BCUT2D eigenvalue weighted by molar-refractivity contribution is 6.77. The molecule has 56 radical (unpaired) electrons. The summed E-state index contributed by atoms with van der Waals surface area (Å²) in [5, 5.41) is -0.207. The molecule has 252 valence electrons. The Morgan fingerprint density at radius 3 is 0.514 bits per heavy atom. The number of benzene rings is 8. The minimum absolute atomic E-state index is 0.0287. The highest BCUT2D eigenvalue weighted by Gasteiger charge is 2.31. The summed E-state index contributed by atoms with van der Waals surface area (Å²) in [6.07, 6.45) is 0. The standard InChI is InChI=1S/C42B28/c43-15-3-1(10-26(54)37(65)41(69)38(66)27(10)55)5-6(18(46)34(62)33(61)17(5)45)2(9-21(49)24(52)13(25(53)22(9)50)14-30(58)39(67)42(70)40(68)31(14)59)4(3)16(44)23(51)11(15)7-8-12(28(56)32(60)19(7)47)29(57)36(64)35(63)20(8)48. The maximum atomic E-state index is 7.51. The molecule has 0 atom stereocenters. The van der Waals surface area contributed by atoms with Crippen LogP contribution < -0.4 is 153 Å². The van der Waals surface area contributed by atoms with E-state index in [0.717, 1.165) is 0 Å². The summed E-state index contributed by atoms with van der Waals surface area (Å²) in [5.74, 6) is 0. The molecule has 0 saturated heterocycles. The van der Waals surface area contributed by atoms with Crippen LogP contribution in [-0.2, 0) is 0 Å². The third kappa shape index (κ3) is 6.98. The van der Waals surface area contributed by atoms with Crippen LogP contribution in [0.5, 0.6) is 0 Å². The summed E-state index contributed by atoms with van der Waals surface area (Å²) in [6, 6.07) is 0. The van der Waals surface area contributed by atoms with E-state index >= 15 is 0 Å². The molecule has 70 heavy (non-hydrogen) atoms. The van der Waals surface area contributed by atoms with E-state index in [9.17, 15) is 0 Å². The normalized spacial score (nSPS) is 11.6. The third-order valence-corrected chi connectivity index (χ3v) is 13.4. The summed E-state index contributed by atoms with van der Waals surface area (Å²) in [5.41, 5.74) is -6.07. The first-order chi connectivity index (χ1) is 32.5. The predicted octanol–water partition coefficient (Wildman–Crippen LogP) is -22.0. The molecule has 0 aliphatic rings. The molecule has 8 aromatic carbocycles. The van der Waals surface area contributed by atoms with Crippen molar-refractivity contribution in [3.63, 3.8) is 0 Å².